The summed E-state index contributed by atoms with van der Waals surface area (Å²) in [5.74, 6) is -0.492. The molecular weight excluding hydrogens is 464 g/mol. The molecule has 0 radical (unpaired) electrons. The van der Waals surface area contributed by atoms with Crippen molar-refractivity contribution in [2.45, 2.75) is 90.2 Å². The van der Waals surface area contributed by atoms with Crippen LogP contribution in [0.5, 0.6) is 0 Å². The van der Waals surface area contributed by atoms with Crippen LogP contribution in [-0.2, 0) is 38.6 Å². The van der Waals surface area contributed by atoms with Gasteiger partial charge in [-0.3, -0.25) is 4.79 Å². The van der Waals surface area contributed by atoms with Crippen molar-refractivity contribution in [2.24, 2.45) is 10.8 Å². The Balaban J connectivity index is 0.000000218. The van der Waals surface area contributed by atoms with Gasteiger partial charge < -0.3 is 19.3 Å². The zero-order valence-corrected chi connectivity index (χ0v) is 22.7. The first-order valence-corrected chi connectivity index (χ1v) is 16.9. The van der Waals surface area contributed by atoms with Crippen LogP contribution in [0.4, 0.5) is 0 Å². The number of ketones is 1. The van der Waals surface area contributed by atoms with Gasteiger partial charge in [-0.2, -0.15) is 5.10 Å². The van der Waals surface area contributed by atoms with Crippen LogP contribution in [-0.4, -0.2) is 67.7 Å². The first-order valence-electron chi connectivity index (χ1n) is 13.2. The molecule has 1 unspecified atom stereocenters. The van der Waals surface area contributed by atoms with Gasteiger partial charge in [0.15, 0.2) is 5.69 Å². The molecule has 1 atom stereocenters. The van der Waals surface area contributed by atoms with E-state index in [9.17, 15) is 14.7 Å². The monoisotopic (exact) mass is 506 g/mol. The van der Waals surface area contributed by atoms with E-state index in [4.69, 9.17) is 14.2 Å². The molecule has 2 aliphatic heterocycles. The van der Waals surface area contributed by atoms with Crippen LogP contribution < -0.4 is 0 Å². The van der Waals surface area contributed by atoms with Gasteiger partial charge in [-0.25, -0.2) is 9.48 Å². The molecule has 1 aromatic rings. The summed E-state index contributed by atoms with van der Waals surface area (Å²) in [7, 11) is -1.13. The summed E-state index contributed by atoms with van der Waals surface area (Å²) >= 11 is 0. The number of fused-ring (bicyclic) bond motifs is 1. The second kappa shape index (κ2) is 10.8. The number of carbonyl (C=O) groups is 2. The third-order valence-corrected chi connectivity index (χ3v) is 9.97. The van der Waals surface area contributed by atoms with Crippen molar-refractivity contribution in [3.05, 3.63) is 17.0 Å². The average molecular weight is 507 g/mol. The highest BCUT2D eigenvalue weighted by Gasteiger charge is 2.41. The lowest BCUT2D eigenvalue weighted by atomic mass is 9.73. The quantitative estimate of drug-likeness (QED) is 0.453. The van der Waals surface area contributed by atoms with Gasteiger partial charge in [-0.1, -0.05) is 19.6 Å². The Labute approximate surface area is 209 Å². The topological polar surface area (TPSA) is 99.9 Å². The highest BCUT2D eigenvalue weighted by molar-refractivity contribution is 6.76. The number of aromatic nitrogens is 2. The van der Waals surface area contributed by atoms with Gasteiger partial charge in [-0.05, 0) is 56.4 Å². The third-order valence-electron chi connectivity index (χ3n) is 8.27. The second-order valence-electron chi connectivity index (χ2n) is 12.2. The Morgan fingerprint density at radius 3 is 2.23 bits per heavy atom. The van der Waals surface area contributed by atoms with Crippen LogP contribution in [0.2, 0.25) is 25.7 Å². The Kier molecular flexibility index (Phi) is 8.20. The zero-order valence-electron chi connectivity index (χ0n) is 21.7. The molecule has 196 valence electrons. The van der Waals surface area contributed by atoms with Crippen molar-refractivity contribution in [3.63, 3.8) is 0 Å². The lowest BCUT2D eigenvalue weighted by molar-refractivity contribution is -0.122. The van der Waals surface area contributed by atoms with Gasteiger partial charge in [0.1, 0.15) is 12.5 Å². The Morgan fingerprint density at radius 2 is 1.66 bits per heavy atom. The molecule has 2 spiro atoms. The van der Waals surface area contributed by atoms with Gasteiger partial charge in [0.25, 0.3) is 0 Å². The average Bonchev–Trinajstić information content (AvgIpc) is 3.53. The van der Waals surface area contributed by atoms with Gasteiger partial charge in [0, 0.05) is 57.4 Å². The smallest absolute Gasteiger partial charge is 0.356 e. The zero-order chi connectivity index (χ0) is 25.1. The lowest BCUT2D eigenvalue weighted by Crippen LogP contribution is -2.31. The van der Waals surface area contributed by atoms with Crippen LogP contribution in [0.1, 0.15) is 66.7 Å². The molecule has 2 aliphatic carbocycles. The first kappa shape index (κ1) is 26.5. The minimum absolute atomic E-state index is 0.166. The molecule has 0 amide bonds. The number of carboxylic acids is 1. The molecule has 2 saturated heterocycles. The number of carbonyl (C=O) groups excluding carboxylic acids is 1. The maximum atomic E-state index is 11.5. The fourth-order valence-electron chi connectivity index (χ4n) is 5.73. The molecule has 35 heavy (non-hydrogen) atoms. The van der Waals surface area contributed by atoms with E-state index in [1.807, 2.05) is 0 Å². The van der Waals surface area contributed by atoms with Crippen molar-refractivity contribution in [1.29, 1.82) is 0 Å². The highest BCUT2D eigenvalue weighted by atomic mass is 28.3. The summed E-state index contributed by atoms with van der Waals surface area (Å²) in [5, 5.41) is 13.8. The van der Waals surface area contributed by atoms with E-state index in [0.717, 1.165) is 95.1 Å². The molecule has 3 fully saturated rings. The maximum Gasteiger partial charge on any atom is 0.356 e. The lowest BCUT2D eigenvalue weighted by Gasteiger charge is -2.32. The SMILES string of the molecule is C[Si](C)(C)CCOCn1nc(C(=O)O)c2c1CC1(CCOC1)CC2.O=C1CCC2(CCOC2)CC1. The number of hydrogen-bond acceptors (Lipinski definition) is 6. The molecule has 0 bridgehead atoms. The van der Waals surface area contributed by atoms with Crippen LogP contribution in [0.25, 0.3) is 0 Å². The highest BCUT2D eigenvalue weighted by Crippen LogP contribution is 2.43. The molecule has 8 nitrogen and oxygen atoms in total. The molecule has 5 rings (SSSR count). The molecule has 4 aliphatic rings. The first-order chi connectivity index (χ1) is 16.6. The van der Waals surface area contributed by atoms with Crippen LogP contribution in [0, 0.1) is 10.8 Å². The van der Waals surface area contributed by atoms with Crippen LogP contribution in [0.3, 0.4) is 0 Å². The second-order valence-corrected chi connectivity index (χ2v) is 17.9. The van der Waals surface area contributed by atoms with Crippen molar-refractivity contribution >= 4 is 19.8 Å². The molecular formula is C26H42N2O6Si. The summed E-state index contributed by atoms with van der Waals surface area (Å²) < 4.78 is 18.6. The van der Waals surface area contributed by atoms with Crippen molar-refractivity contribution in [3.8, 4) is 0 Å². The largest absolute Gasteiger partial charge is 0.476 e. The summed E-state index contributed by atoms with van der Waals surface area (Å²) in [5.41, 5.74) is 2.71. The predicted octanol–water partition coefficient (Wildman–Crippen LogP) is 4.33. The number of aromatic carboxylic acids is 1. The Hall–Kier alpha value is -1.55. The van der Waals surface area contributed by atoms with Crippen LogP contribution in [0.15, 0.2) is 0 Å². The molecule has 3 heterocycles. The molecule has 1 N–H and O–H groups in total. The third kappa shape index (κ3) is 6.61. The molecule has 9 heteroatoms. The summed E-state index contributed by atoms with van der Waals surface area (Å²) in [6.07, 6.45) is 8.58. The number of Topliss-reactive ketones (excluding diaryl/α,β-unsaturated/α-hetero) is 1. The van der Waals surface area contributed by atoms with E-state index in [1.54, 1.807) is 4.68 Å². The number of nitrogens with zero attached hydrogens (tertiary/aromatic N) is 2. The summed E-state index contributed by atoms with van der Waals surface area (Å²) in [4.78, 5) is 22.5. The van der Waals surface area contributed by atoms with Gasteiger partial charge in [0.05, 0.1) is 13.2 Å². The van der Waals surface area contributed by atoms with E-state index < -0.39 is 14.0 Å². The van der Waals surface area contributed by atoms with Crippen molar-refractivity contribution in [1.82, 2.24) is 9.78 Å². The Bertz CT molecular complexity index is 898. The molecule has 1 saturated carbocycles. The number of hydrogen-bond donors (Lipinski definition) is 1. The van der Waals surface area contributed by atoms with E-state index >= 15 is 0 Å². The fraction of sp³-hybridized carbons (Fsp3) is 0.808. The van der Waals surface area contributed by atoms with E-state index in [-0.39, 0.29) is 11.1 Å². The summed E-state index contributed by atoms with van der Waals surface area (Å²) in [6, 6.07) is 1.10. The van der Waals surface area contributed by atoms with Gasteiger partial charge in [-0.15, -0.1) is 0 Å². The molecule has 1 aromatic heterocycles. The van der Waals surface area contributed by atoms with Crippen molar-refractivity contribution < 1.29 is 28.9 Å². The molecule has 0 aromatic carbocycles. The number of carboxylic acid groups (broad SMARTS) is 1. The van der Waals surface area contributed by atoms with E-state index in [0.29, 0.717) is 24.5 Å². The number of rotatable bonds is 6. The predicted molar refractivity (Wildman–Crippen MR) is 135 cm³/mol. The number of ether oxygens (including phenoxy) is 3. The Morgan fingerprint density at radius 1 is 1.03 bits per heavy atom. The fourth-order valence-corrected chi connectivity index (χ4v) is 6.48. The van der Waals surface area contributed by atoms with Crippen molar-refractivity contribution in [2.75, 3.05) is 33.0 Å². The van der Waals surface area contributed by atoms with Gasteiger partial charge >= 0.3 is 5.97 Å². The minimum Gasteiger partial charge on any atom is -0.476 e. The van der Waals surface area contributed by atoms with Gasteiger partial charge in [0.2, 0.25) is 0 Å². The maximum absolute atomic E-state index is 11.5. The van der Waals surface area contributed by atoms with E-state index in [2.05, 4.69) is 24.7 Å². The summed E-state index contributed by atoms with van der Waals surface area (Å²) in [6.45, 7) is 11.4. The minimum atomic E-state index is -1.13. The standard InChI is InChI=1S/C17H28N2O4Si.C9H14O2/c1-24(2,3)9-8-23-12-19-14-10-17(6-7-22-11-17)5-4-13(14)15(18-19)16(20)21;10-8-1-3-9(4-2-8)5-6-11-7-9/h4-12H2,1-3H3,(H,20,21);1-7H2. The normalized spacial score (nSPS) is 25.5. The van der Waals surface area contributed by atoms with Crippen LogP contribution >= 0.6 is 0 Å². The van der Waals surface area contributed by atoms with E-state index in [1.165, 1.54) is 6.42 Å².